The van der Waals surface area contributed by atoms with E-state index in [-0.39, 0.29) is 0 Å². The molecule has 0 bridgehead atoms. The lowest BCUT2D eigenvalue weighted by Gasteiger charge is -2.11. The second-order valence-corrected chi connectivity index (χ2v) is 4.01. The first-order valence-corrected chi connectivity index (χ1v) is 5.93. The Morgan fingerprint density at radius 1 is 1.00 bits per heavy atom. The predicted molar refractivity (Wildman–Crippen MR) is 74.8 cm³/mol. The fourth-order valence-corrected chi connectivity index (χ4v) is 1.67. The summed E-state index contributed by atoms with van der Waals surface area (Å²) in [5.74, 6) is 2.48. The molecule has 0 aliphatic rings. The van der Waals surface area contributed by atoms with Crippen molar-refractivity contribution in [3.63, 3.8) is 0 Å². The van der Waals surface area contributed by atoms with Gasteiger partial charge in [-0.25, -0.2) is 0 Å². The second-order valence-electron chi connectivity index (χ2n) is 4.01. The smallest absolute Gasteiger partial charge is 0.245 e. The van der Waals surface area contributed by atoms with E-state index in [2.05, 4.69) is 17.3 Å². The third-order valence-corrected chi connectivity index (χ3v) is 2.61. The Balaban J connectivity index is 2.12. The summed E-state index contributed by atoms with van der Waals surface area (Å²) in [5.41, 5.74) is 7.06. The number of nitrogens with one attached hydrogen (secondary N) is 1. The molecule has 0 aliphatic carbocycles. The highest BCUT2D eigenvalue weighted by Crippen LogP contribution is 2.10. The number of primary amides is 1. The van der Waals surface area contributed by atoms with Gasteiger partial charge in [-0.05, 0) is 23.6 Å². The monoisotopic (exact) mass is 250 g/mol. The first-order valence-electron chi connectivity index (χ1n) is 5.93. The largest absolute Gasteiger partial charge is 0.368 e. The molecular formula is C16H14N2O. The van der Waals surface area contributed by atoms with Crippen molar-refractivity contribution in [3.05, 3.63) is 71.8 Å². The van der Waals surface area contributed by atoms with E-state index < -0.39 is 11.9 Å². The van der Waals surface area contributed by atoms with Crippen LogP contribution in [0.4, 0.5) is 0 Å². The highest BCUT2D eigenvalue weighted by atomic mass is 16.1. The molecule has 19 heavy (non-hydrogen) atoms. The van der Waals surface area contributed by atoms with Crippen LogP contribution in [0.1, 0.15) is 17.2 Å². The van der Waals surface area contributed by atoms with Crippen molar-refractivity contribution in [1.82, 2.24) is 5.32 Å². The molecule has 0 saturated carbocycles. The first-order chi connectivity index (χ1) is 9.27. The Labute approximate surface area is 112 Å². The Morgan fingerprint density at radius 2 is 1.58 bits per heavy atom. The molecule has 2 aromatic carbocycles. The molecule has 2 aromatic rings. The maximum Gasteiger partial charge on any atom is 0.245 e. The van der Waals surface area contributed by atoms with E-state index >= 15 is 0 Å². The van der Waals surface area contributed by atoms with Crippen LogP contribution in [-0.2, 0) is 4.79 Å². The van der Waals surface area contributed by atoms with Crippen LogP contribution in [0.5, 0.6) is 0 Å². The van der Waals surface area contributed by atoms with Crippen LogP contribution in [0.15, 0.2) is 60.7 Å². The molecule has 0 aliphatic heterocycles. The van der Waals surface area contributed by atoms with Crippen molar-refractivity contribution in [3.8, 4) is 12.0 Å². The first kappa shape index (κ1) is 12.7. The van der Waals surface area contributed by atoms with Gasteiger partial charge in [0.1, 0.15) is 6.04 Å². The standard InChI is InChI=1S/C16H14N2O/c17-16(19)15(14-9-5-2-6-10-14)18-12-11-13-7-3-1-4-8-13/h1-10,15,18H,(H2,17,19). The molecule has 1 amide bonds. The van der Waals surface area contributed by atoms with Crippen molar-refractivity contribution in [2.45, 2.75) is 6.04 Å². The molecule has 3 nitrogen and oxygen atoms in total. The van der Waals surface area contributed by atoms with Gasteiger partial charge in [0.05, 0.1) is 0 Å². The molecule has 3 heteroatoms. The summed E-state index contributed by atoms with van der Waals surface area (Å²) in [7, 11) is 0. The summed E-state index contributed by atoms with van der Waals surface area (Å²) < 4.78 is 0. The van der Waals surface area contributed by atoms with E-state index in [1.165, 1.54) is 0 Å². The van der Waals surface area contributed by atoms with E-state index in [0.717, 1.165) is 11.1 Å². The quantitative estimate of drug-likeness (QED) is 0.645. The molecule has 94 valence electrons. The highest BCUT2D eigenvalue weighted by Gasteiger charge is 2.15. The minimum absolute atomic E-state index is 0.450. The molecule has 1 atom stereocenters. The lowest BCUT2D eigenvalue weighted by atomic mass is 10.1. The third-order valence-electron chi connectivity index (χ3n) is 2.61. The Kier molecular flexibility index (Phi) is 4.20. The summed E-state index contributed by atoms with van der Waals surface area (Å²) in [6.45, 7) is 0. The minimum atomic E-state index is -0.600. The Morgan fingerprint density at radius 3 is 2.16 bits per heavy atom. The molecule has 2 rings (SSSR count). The second kappa shape index (κ2) is 6.27. The fourth-order valence-electron chi connectivity index (χ4n) is 1.67. The highest BCUT2D eigenvalue weighted by molar-refractivity contribution is 5.81. The number of carbonyl (C=O) groups excluding carboxylic acids is 1. The van der Waals surface area contributed by atoms with Crippen molar-refractivity contribution < 1.29 is 4.79 Å². The van der Waals surface area contributed by atoms with Crippen molar-refractivity contribution >= 4 is 5.91 Å². The van der Waals surface area contributed by atoms with Gasteiger partial charge in [-0.1, -0.05) is 48.5 Å². The molecule has 3 N–H and O–H groups in total. The number of nitrogens with two attached hydrogens (primary N) is 1. The van der Waals surface area contributed by atoms with Gasteiger partial charge < -0.3 is 11.1 Å². The summed E-state index contributed by atoms with van der Waals surface area (Å²) in [4.78, 5) is 11.4. The van der Waals surface area contributed by atoms with E-state index in [9.17, 15) is 4.79 Å². The van der Waals surface area contributed by atoms with Gasteiger partial charge in [0, 0.05) is 11.6 Å². The maximum absolute atomic E-state index is 11.4. The van der Waals surface area contributed by atoms with Crippen LogP contribution in [0.3, 0.4) is 0 Å². The average molecular weight is 250 g/mol. The van der Waals surface area contributed by atoms with Gasteiger partial charge in [-0.3, -0.25) is 4.79 Å². The van der Waals surface area contributed by atoms with Gasteiger partial charge in [0.15, 0.2) is 0 Å². The normalized spacial score (nSPS) is 10.9. The van der Waals surface area contributed by atoms with Crippen LogP contribution in [0, 0.1) is 12.0 Å². The van der Waals surface area contributed by atoms with Crippen LogP contribution in [-0.4, -0.2) is 5.91 Å². The molecule has 0 spiro atoms. The van der Waals surface area contributed by atoms with E-state index in [4.69, 9.17) is 5.73 Å². The fraction of sp³-hybridized carbons (Fsp3) is 0.0625. The number of carbonyl (C=O) groups is 1. The van der Waals surface area contributed by atoms with Crippen molar-refractivity contribution in [2.24, 2.45) is 5.73 Å². The lowest BCUT2D eigenvalue weighted by Crippen LogP contribution is -2.30. The topological polar surface area (TPSA) is 55.1 Å². The van der Waals surface area contributed by atoms with Crippen molar-refractivity contribution in [2.75, 3.05) is 0 Å². The summed E-state index contributed by atoms with van der Waals surface area (Å²) in [6.07, 6.45) is 0. The molecule has 0 heterocycles. The number of amides is 1. The van der Waals surface area contributed by atoms with Crippen LogP contribution in [0.25, 0.3) is 0 Å². The van der Waals surface area contributed by atoms with Crippen LogP contribution >= 0.6 is 0 Å². The molecule has 0 saturated heterocycles. The molecular weight excluding hydrogens is 236 g/mol. The van der Waals surface area contributed by atoms with Crippen molar-refractivity contribution in [1.29, 1.82) is 0 Å². The van der Waals surface area contributed by atoms with Gasteiger partial charge in [0.25, 0.3) is 0 Å². The van der Waals surface area contributed by atoms with Gasteiger partial charge >= 0.3 is 0 Å². The predicted octanol–water partition coefficient (Wildman–Crippen LogP) is 1.81. The third kappa shape index (κ3) is 3.62. The molecule has 0 aromatic heterocycles. The van der Waals surface area contributed by atoms with E-state index in [1.807, 2.05) is 60.7 Å². The van der Waals surface area contributed by atoms with E-state index in [1.54, 1.807) is 0 Å². The summed E-state index contributed by atoms with van der Waals surface area (Å²) >= 11 is 0. The van der Waals surface area contributed by atoms with Crippen LogP contribution in [0.2, 0.25) is 0 Å². The SMILES string of the molecule is NC(=O)C(NC#Cc1ccccc1)c1ccccc1. The van der Waals surface area contributed by atoms with Crippen LogP contribution < -0.4 is 11.1 Å². The lowest BCUT2D eigenvalue weighted by molar-refractivity contribution is -0.119. The summed E-state index contributed by atoms with van der Waals surface area (Å²) in [6, 6.07) is 21.0. The number of benzene rings is 2. The Bertz CT molecular complexity index is 597. The number of hydrogen-bond acceptors (Lipinski definition) is 2. The number of hydrogen-bond donors (Lipinski definition) is 2. The minimum Gasteiger partial charge on any atom is -0.368 e. The molecule has 0 fully saturated rings. The van der Waals surface area contributed by atoms with E-state index in [0.29, 0.717) is 0 Å². The average Bonchev–Trinajstić information content (AvgIpc) is 2.45. The number of rotatable bonds is 3. The zero-order valence-corrected chi connectivity index (χ0v) is 10.3. The summed E-state index contributed by atoms with van der Waals surface area (Å²) in [5, 5.41) is 2.85. The molecule has 1 unspecified atom stereocenters. The van der Waals surface area contributed by atoms with Gasteiger partial charge in [-0.15, -0.1) is 0 Å². The zero-order chi connectivity index (χ0) is 13.5. The molecule has 0 radical (unpaired) electrons. The zero-order valence-electron chi connectivity index (χ0n) is 10.3. The maximum atomic E-state index is 11.4. The van der Waals surface area contributed by atoms with Gasteiger partial charge in [-0.2, -0.15) is 0 Å². The Hall–Kier alpha value is -2.73. The van der Waals surface area contributed by atoms with Gasteiger partial charge in [0.2, 0.25) is 5.91 Å².